The second-order valence-electron chi connectivity index (χ2n) is 6.61. The molecular weight excluding hydrogens is 429 g/mol. The largest absolute Gasteiger partial charge is 0.480 e. The number of benzene rings is 2. The third kappa shape index (κ3) is 3.42. The first kappa shape index (κ1) is 18.7. The molecule has 30 heavy (non-hydrogen) atoms. The predicted octanol–water partition coefficient (Wildman–Crippen LogP) is 5.06. The van der Waals surface area contributed by atoms with Crippen LogP contribution in [0.5, 0.6) is 5.75 Å². The number of aromatic nitrogens is 3. The lowest BCUT2D eigenvalue weighted by Crippen LogP contribution is -2.02. The maximum atomic E-state index is 11.7. The standard InChI is InChI=1S/C21H13Cl2N3O4/c22-16-2-1-3-17(23)15(16)10-26-9-14(24-25-26)11-29-21-19-13(6-7-28-19)8-12-4-5-18(27)30-20(12)21/h1-9H,10-11H2. The molecular formula is C21H13Cl2N3O4. The van der Waals surface area contributed by atoms with Crippen LogP contribution in [-0.4, -0.2) is 15.0 Å². The second-order valence-corrected chi connectivity index (χ2v) is 7.43. The number of ether oxygens (including phenoxy) is 1. The molecule has 5 rings (SSSR count). The highest BCUT2D eigenvalue weighted by molar-refractivity contribution is 6.35. The Balaban J connectivity index is 1.43. The summed E-state index contributed by atoms with van der Waals surface area (Å²) < 4.78 is 18.5. The van der Waals surface area contributed by atoms with Crippen molar-refractivity contribution in [1.82, 2.24) is 15.0 Å². The Bertz CT molecular complexity index is 1420. The van der Waals surface area contributed by atoms with Crippen LogP contribution in [0.15, 0.2) is 68.6 Å². The third-order valence-corrected chi connectivity index (χ3v) is 5.32. The van der Waals surface area contributed by atoms with Crippen molar-refractivity contribution in [2.45, 2.75) is 13.2 Å². The highest BCUT2D eigenvalue weighted by Crippen LogP contribution is 2.35. The average molecular weight is 442 g/mol. The minimum Gasteiger partial charge on any atom is -0.480 e. The highest BCUT2D eigenvalue weighted by atomic mass is 35.5. The van der Waals surface area contributed by atoms with Gasteiger partial charge in [-0.1, -0.05) is 34.5 Å². The van der Waals surface area contributed by atoms with Crippen molar-refractivity contribution in [2.24, 2.45) is 0 Å². The zero-order valence-corrected chi connectivity index (χ0v) is 16.9. The van der Waals surface area contributed by atoms with Crippen molar-refractivity contribution in [1.29, 1.82) is 0 Å². The van der Waals surface area contributed by atoms with Crippen molar-refractivity contribution < 1.29 is 13.6 Å². The summed E-state index contributed by atoms with van der Waals surface area (Å²) in [5.74, 6) is 0.342. The lowest BCUT2D eigenvalue weighted by molar-refractivity contribution is 0.298. The topological polar surface area (TPSA) is 83.3 Å². The van der Waals surface area contributed by atoms with Crippen LogP contribution in [-0.2, 0) is 13.2 Å². The number of nitrogens with zero attached hydrogens (tertiary/aromatic N) is 3. The van der Waals surface area contributed by atoms with Gasteiger partial charge < -0.3 is 13.6 Å². The fourth-order valence-electron chi connectivity index (χ4n) is 3.21. The number of fused-ring (bicyclic) bond motifs is 2. The first-order valence-electron chi connectivity index (χ1n) is 8.97. The molecule has 3 aromatic heterocycles. The van der Waals surface area contributed by atoms with Crippen LogP contribution in [0.3, 0.4) is 0 Å². The Hall–Kier alpha value is -3.29. The summed E-state index contributed by atoms with van der Waals surface area (Å²) >= 11 is 12.4. The Kier molecular flexibility index (Phi) is 4.69. The van der Waals surface area contributed by atoms with Gasteiger partial charge in [0.25, 0.3) is 0 Å². The quantitative estimate of drug-likeness (QED) is 0.354. The summed E-state index contributed by atoms with van der Waals surface area (Å²) in [5.41, 5.74) is 1.67. The zero-order valence-electron chi connectivity index (χ0n) is 15.3. The molecule has 5 aromatic rings. The maximum absolute atomic E-state index is 11.7. The van der Waals surface area contributed by atoms with Crippen LogP contribution in [0.25, 0.3) is 21.9 Å². The molecule has 0 saturated heterocycles. The van der Waals surface area contributed by atoms with Gasteiger partial charge in [0.05, 0.1) is 19.0 Å². The SMILES string of the molecule is O=c1ccc2cc3ccoc3c(OCc3cn(Cc4c(Cl)cccc4Cl)nn3)c2o1. The molecule has 0 fully saturated rings. The van der Waals surface area contributed by atoms with Gasteiger partial charge in [0.1, 0.15) is 12.3 Å². The summed E-state index contributed by atoms with van der Waals surface area (Å²) in [6.07, 6.45) is 3.29. The molecule has 0 unspecified atom stereocenters. The molecule has 0 aliphatic carbocycles. The minimum absolute atomic E-state index is 0.101. The fourth-order valence-corrected chi connectivity index (χ4v) is 3.73. The van der Waals surface area contributed by atoms with Gasteiger partial charge in [-0.15, -0.1) is 5.10 Å². The van der Waals surface area contributed by atoms with Crippen LogP contribution in [0, 0.1) is 0 Å². The Labute approximate surface area is 179 Å². The summed E-state index contributed by atoms with van der Waals surface area (Å²) in [6.45, 7) is 0.473. The number of furan rings is 1. The normalized spacial score (nSPS) is 11.4. The molecule has 0 bridgehead atoms. The molecule has 0 saturated carbocycles. The first-order chi connectivity index (χ1) is 14.6. The molecule has 0 spiro atoms. The molecule has 3 heterocycles. The molecule has 0 aliphatic rings. The first-order valence-corrected chi connectivity index (χ1v) is 9.73. The van der Waals surface area contributed by atoms with E-state index in [4.69, 9.17) is 36.8 Å². The van der Waals surface area contributed by atoms with E-state index < -0.39 is 5.63 Å². The van der Waals surface area contributed by atoms with Crippen LogP contribution in [0.1, 0.15) is 11.3 Å². The van der Waals surface area contributed by atoms with E-state index >= 15 is 0 Å². The van der Waals surface area contributed by atoms with Crippen LogP contribution in [0.4, 0.5) is 0 Å². The average Bonchev–Trinajstić information content (AvgIpc) is 3.37. The number of rotatable bonds is 5. The van der Waals surface area contributed by atoms with Crippen LogP contribution in [0.2, 0.25) is 10.0 Å². The van der Waals surface area contributed by atoms with Gasteiger partial charge in [-0.3, -0.25) is 0 Å². The lowest BCUT2D eigenvalue weighted by atomic mass is 10.1. The van der Waals surface area contributed by atoms with Gasteiger partial charge in [0.2, 0.25) is 5.75 Å². The molecule has 0 amide bonds. The van der Waals surface area contributed by atoms with Gasteiger partial charge in [0.15, 0.2) is 11.2 Å². The van der Waals surface area contributed by atoms with Crippen molar-refractivity contribution in [3.63, 3.8) is 0 Å². The van der Waals surface area contributed by atoms with E-state index in [0.717, 1.165) is 16.3 Å². The monoisotopic (exact) mass is 441 g/mol. The molecule has 2 aromatic carbocycles. The number of hydrogen-bond acceptors (Lipinski definition) is 6. The fraction of sp³-hybridized carbons (Fsp3) is 0.0952. The van der Waals surface area contributed by atoms with E-state index in [0.29, 0.717) is 39.2 Å². The molecule has 0 aliphatic heterocycles. The van der Waals surface area contributed by atoms with E-state index in [9.17, 15) is 4.79 Å². The Morgan fingerprint density at radius 2 is 1.83 bits per heavy atom. The lowest BCUT2D eigenvalue weighted by Gasteiger charge is -2.07. The van der Waals surface area contributed by atoms with E-state index in [1.165, 1.54) is 6.07 Å². The minimum atomic E-state index is -0.471. The van der Waals surface area contributed by atoms with E-state index in [2.05, 4.69) is 10.3 Å². The van der Waals surface area contributed by atoms with Crippen molar-refractivity contribution in [3.05, 3.63) is 86.6 Å². The van der Waals surface area contributed by atoms with Crippen molar-refractivity contribution >= 4 is 45.1 Å². The number of halogens is 2. The van der Waals surface area contributed by atoms with Crippen molar-refractivity contribution in [3.8, 4) is 5.75 Å². The highest BCUT2D eigenvalue weighted by Gasteiger charge is 2.16. The van der Waals surface area contributed by atoms with Gasteiger partial charge in [-0.2, -0.15) is 0 Å². The van der Waals surface area contributed by atoms with E-state index in [1.807, 2.05) is 12.1 Å². The molecule has 7 nitrogen and oxygen atoms in total. The molecule has 9 heteroatoms. The smallest absolute Gasteiger partial charge is 0.336 e. The Morgan fingerprint density at radius 3 is 2.67 bits per heavy atom. The maximum Gasteiger partial charge on any atom is 0.336 e. The summed E-state index contributed by atoms with van der Waals surface area (Å²) in [6, 6.07) is 12.1. The van der Waals surface area contributed by atoms with Crippen LogP contribution < -0.4 is 10.4 Å². The Morgan fingerprint density at radius 1 is 1.03 bits per heavy atom. The second kappa shape index (κ2) is 7.51. The zero-order chi connectivity index (χ0) is 20.7. The van der Waals surface area contributed by atoms with Gasteiger partial charge >= 0.3 is 5.63 Å². The molecule has 0 N–H and O–H groups in total. The molecule has 0 atom stereocenters. The van der Waals surface area contributed by atoms with Gasteiger partial charge in [-0.05, 0) is 30.3 Å². The van der Waals surface area contributed by atoms with E-state index in [-0.39, 0.29) is 6.61 Å². The predicted molar refractivity (Wildman–Crippen MR) is 112 cm³/mol. The summed E-state index contributed by atoms with van der Waals surface area (Å²) in [7, 11) is 0. The summed E-state index contributed by atoms with van der Waals surface area (Å²) in [4.78, 5) is 11.7. The van der Waals surface area contributed by atoms with Crippen molar-refractivity contribution in [2.75, 3.05) is 0 Å². The molecule has 150 valence electrons. The molecule has 0 radical (unpaired) electrons. The van der Waals surface area contributed by atoms with E-state index in [1.54, 1.807) is 41.4 Å². The van der Waals surface area contributed by atoms with Crippen LogP contribution >= 0.6 is 23.2 Å². The van der Waals surface area contributed by atoms with Gasteiger partial charge in [-0.25, -0.2) is 9.48 Å². The number of hydrogen-bond donors (Lipinski definition) is 0. The third-order valence-electron chi connectivity index (χ3n) is 4.62. The summed E-state index contributed by atoms with van der Waals surface area (Å²) in [5, 5.41) is 10.9. The van der Waals surface area contributed by atoms with Gasteiger partial charge in [0, 0.05) is 32.4 Å².